The number of hydrogen-bond acceptors (Lipinski definition) is 2. The zero-order valence-electron chi connectivity index (χ0n) is 9.81. The van der Waals surface area contributed by atoms with Gasteiger partial charge in [0.25, 0.3) is 0 Å². The third-order valence-corrected chi connectivity index (χ3v) is 3.21. The van der Waals surface area contributed by atoms with E-state index >= 15 is 0 Å². The van der Waals surface area contributed by atoms with Gasteiger partial charge >= 0.3 is 0 Å². The van der Waals surface area contributed by atoms with Crippen LogP contribution in [-0.4, -0.2) is 19.0 Å². The molecule has 3 N–H and O–H groups in total. The predicted molar refractivity (Wildman–Crippen MR) is 62.4 cm³/mol. The molecule has 1 saturated carbocycles. The summed E-state index contributed by atoms with van der Waals surface area (Å²) in [5, 5.41) is 2.95. The van der Waals surface area contributed by atoms with E-state index in [0.29, 0.717) is 13.1 Å². The normalized spacial score (nSPS) is 18.6. The van der Waals surface area contributed by atoms with E-state index in [1.807, 2.05) is 19.9 Å². The highest BCUT2D eigenvalue weighted by atomic mass is 16.2. The molecule has 0 atom stereocenters. The van der Waals surface area contributed by atoms with E-state index in [-0.39, 0.29) is 11.3 Å². The Labute approximate surface area is 92.1 Å². The van der Waals surface area contributed by atoms with E-state index < -0.39 is 0 Å². The minimum atomic E-state index is -0.268. The molecule has 1 amide bonds. The third kappa shape index (κ3) is 3.06. The van der Waals surface area contributed by atoms with E-state index in [1.54, 1.807) is 0 Å². The predicted octanol–water partition coefficient (Wildman–Crippen LogP) is 1.59. The maximum atomic E-state index is 12.0. The van der Waals surface area contributed by atoms with Gasteiger partial charge in [-0.1, -0.05) is 24.5 Å². The van der Waals surface area contributed by atoms with Crippen LogP contribution in [0.2, 0.25) is 0 Å². The first-order valence-electron chi connectivity index (χ1n) is 5.72. The molecule has 1 fully saturated rings. The van der Waals surface area contributed by atoms with Gasteiger partial charge in [0.05, 0.1) is 5.41 Å². The highest BCUT2D eigenvalue weighted by Gasteiger charge is 2.39. The van der Waals surface area contributed by atoms with Crippen molar-refractivity contribution >= 4 is 5.91 Å². The monoisotopic (exact) mass is 210 g/mol. The van der Waals surface area contributed by atoms with Crippen LogP contribution in [0.25, 0.3) is 0 Å². The first-order valence-corrected chi connectivity index (χ1v) is 5.72. The largest absolute Gasteiger partial charge is 0.352 e. The summed E-state index contributed by atoms with van der Waals surface area (Å²) < 4.78 is 0. The summed E-state index contributed by atoms with van der Waals surface area (Å²) in [6, 6.07) is 0. The summed E-state index contributed by atoms with van der Waals surface area (Å²) in [7, 11) is 0. The van der Waals surface area contributed by atoms with Gasteiger partial charge in [0.2, 0.25) is 5.91 Å². The van der Waals surface area contributed by atoms with Crippen LogP contribution in [0, 0.1) is 5.41 Å². The quantitative estimate of drug-likeness (QED) is 0.692. The fourth-order valence-electron chi connectivity index (χ4n) is 2.11. The van der Waals surface area contributed by atoms with Crippen molar-refractivity contribution in [3.8, 4) is 0 Å². The number of nitrogens with two attached hydrogens (primary N) is 1. The summed E-state index contributed by atoms with van der Waals surface area (Å²) in [5.74, 6) is 0.139. The SMILES string of the molecule is CC(C)=CCNC(=O)C1(CN)CCCC1. The van der Waals surface area contributed by atoms with E-state index in [1.165, 1.54) is 5.57 Å². The molecule has 3 heteroatoms. The first-order chi connectivity index (χ1) is 7.10. The molecule has 1 aliphatic carbocycles. The highest BCUT2D eigenvalue weighted by molar-refractivity contribution is 5.83. The van der Waals surface area contributed by atoms with Crippen LogP contribution < -0.4 is 11.1 Å². The van der Waals surface area contributed by atoms with Crippen LogP contribution in [0.1, 0.15) is 39.5 Å². The standard InChI is InChI=1S/C12H22N2O/c1-10(2)5-8-14-11(15)12(9-13)6-3-4-7-12/h5H,3-4,6-9,13H2,1-2H3,(H,14,15). The zero-order chi connectivity index (χ0) is 11.3. The summed E-state index contributed by atoms with van der Waals surface area (Å²) in [6.07, 6.45) is 6.19. The summed E-state index contributed by atoms with van der Waals surface area (Å²) in [5.41, 5.74) is 6.68. The molecule has 0 aromatic carbocycles. The molecular formula is C12H22N2O. The lowest BCUT2D eigenvalue weighted by molar-refractivity contribution is -0.130. The van der Waals surface area contributed by atoms with Gasteiger partial charge in [0.15, 0.2) is 0 Å². The fraction of sp³-hybridized carbons (Fsp3) is 0.750. The van der Waals surface area contributed by atoms with Crippen molar-refractivity contribution in [2.75, 3.05) is 13.1 Å². The average molecular weight is 210 g/mol. The number of hydrogen-bond donors (Lipinski definition) is 2. The lowest BCUT2D eigenvalue weighted by Crippen LogP contribution is -2.44. The molecule has 15 heavy (non-hydrogen) atoms. The van der Waals surface area contributed by atoms with Crippen LogP contribution in [-0.2, 0) is 4.79 Å². The second kappa shape index (κ2) is 5.31. The number of rotatable bonds is 4. The van der Waals surface area contributed by atoms with Gasteiger partial charge in [0.1, 0.15) is 0 Å². The zero-order valence-corrected chi connectivity index (χ0v) is 9.81. The van der Waals surface area contributed by atoms with Crippen LogP contribution in [0.15, 0.2) is 11.6 Å². The summed E-state index contributed by atoms with van der Waals surface area (Å²) in [4.78, 5) is 12.0. The second-order valence-electron chi connectivity index (χ2n) is 4.68. The van der Waals surface area contributed by atoms with Gasteiger partial charge in [-0.15, -0.1) is 0 Å². The molecule has 3 nitrogen and oxygen atoms in total. The van der Waals surface area contributed by atoms with Gasteiger partial charge < -0.3 is 11.1 Å². The molecule has 0 spiro atoms. The van der Waals surface area contributed by atoms with Crippen LogP contribution in [0.3, 0.4) is 0 Å². The first kappa shape index (κ1) is 12.2. The van der Waals surface area contributed by atoms with Crippen LogP contribution >= 0.6 is 0 Å². The molecule has 0 aromatic rings. The second-order valence-corrected chi connectivity index (χ2v) is 4.68. The molecular weight excluding hydrogens is 188 g/mol. The number of allylic oxidation sites excluding steroid dienone is 1. The number of carbonyl (C=O) groups is 1. The van der Waals surface area contributed by atoms with Crippen LogP contribution in [0.4, 0.5) is 0 Å². The Morgan fingerprint density at radius 1 is 1.40 bits per heavy atom. The van der Waals surface area contributed by atoms with E-state index in [2.05, 4.69) is 5.32 Å². The average Bonchev–Trinajstić information content (AvgIpc) is 2.66. The molecule has 1 aliphatic rings. The molecule has 0 unspecified atom stereocenters. The number of amides is 1. The Morgan fingerprint density at radius 2 is 2.00 bits per heavy atom. The molecule has 1 rings (SSSR count). The number of carbonyl (C=O) groups excluding carboxylic acids is 1. The maximum Gasteiger partial charge on any atom is 0.227 e. The molecule has 0 radical (unpaired) electrons. The molecule has 0 bridgehead atoms. The molecule has 0 heterocycles. The minimum absolute atomic E-state index is 0.139. The van der Waals surface area contributed by atoms with Crippen molar-refractivity contribution in [1.29, 1.82) is 0 Å². The molecule has 0 aliphatic heterocycles. The van der Waals surface area contributed by atoms with Crippen molar-refractivity contribution < 1.29 is 4.79 Å². The fourth-order valence-corrected chi connectivity index (χ4v) is 2.11. The minimum Gasteiger partial charge on any atom is -0.352 e. The highest BCUT2D eigenvalue weighted by Crippen LogP contribution is 2.37. The Bertz CT molecular complexity index is 248. The Morgan fingerprint density at radius 3 is 2.47 bits per heavy atom. The Hall–Kier alpha value is -0.830. The van der Waals surface area contributed by atoms with Gasteiger partial charge in [-0.2, -0.15) is 0 Å². The van der Waals surface area contributed by atoms with Crippen molar-refractivity contribution in [1.82, 2.24) is 5.32 Å². The van der Waals surface area contributed by atoms with Gasteiger partial charge in [-0.05, 0) is 26.7 Å². The van der Waals surface area contributed by atoms with E-state index in [4.69, 9.17) is 5.73 Å². The topological polar surface area (TPSA) is 55.1 Å². The van der Waals surface area contributed by atoms with Gasteiger partial charge in [-0.3, -0.25) is 4.79 Å². The van der Waals surface area contributed by atoms with Gasteiger partial charge in [-0.25, -0.2) is 0 Å². The van der Waals surface area contributed by atoms with E-state index in [9.17, 15) is 4.79 Å². The third-order valence-electron chi connectivity index (χ3n) is 3.21. The number of nitrogens with one attached hydrogen (secondary N) is 1. The van der Waals surface area contributed by atoms with Crippen molar-refractivity contribution in [2.45, 2.75) is 39.5 Å². The maximum absolute atomic E-state index is 12.0. The smallest absolute Gasteiger partial charge is 0.227 e. The molecule has 0 saturated heterocycles. The Balaban J connectivity index is 2.47. The summed E-state index contributed by atoms with van der Waals surface area (Å²) in [6.45, 7) is 5.16. The van der Waals surface area contributed by atoms with E-state index in [0.717, 1.165) is 25.7 Å². The van der Waals surface area contributed by atoms with Crippen molar-refractivity contribution in [3.63, 3.8) is 0 Å². The van der Waals surface area contributed by atoms with Gasteiger partial charge in [0, 0.05) is 13.1 Å². The van der Waals surface area contributed by atoms with Crippen LogP contribution in [0.5, 0.6) is 0 Å². The Kier molecular flexibility index (Phi) is 4.33. The molecule has 0 aromatic heterocycles. The lowest BCUT2D eigenvalue weighted by Gasteiger charge is -2.25. The van der Waals surface area contributed by atoms with Crippen molar-refractivity contribution in [2.24, 2.45) is 11.1 Å². The van der Waals surface area contributed by atoms with Crippen molar-refractivity contribution in [3.05, 3.63) is 11.6 Å². The molecule has 86 valence electrons. The summed E-state index contributed by atoms with van der Waals surface area (Å²) >= 11 is 0. The lowest BCUT2D eigenvalue weighted by atomic mass is 9.85.